The minimum atomic E-state index is 0.0625. The van der Waals surface area contributed by atoms with Crippen LogP contribution in [0.5, 0.6) is 0 Å². The van der Waals surface area contributed by atoms with E-state index in [4.69, 9.17) is 19.9 Å². The van der Waals surface area contributed by atoms with E-state index in [2.05, 4.69) is 0 Å². The molecule has 4 heteroatoms. The lowest BCUT2D eigenvalue weighted by atomic mass is 10.1. The van der Waals surface area contributed by atoms with Gasteiger partial charge in [-0.2, -0.15) is 0 Å². The number of rotatable bonds is 9. The summed E-state index contributed by atoms with van der Waals surface area (Å²) in [7, 11) is 1.67. The highest BCUT2D eigenvalue weighted by atomic mass is 16.5. The molecule has 1 unspecified atom stereocenters. The fourth-order valence-electron chi connectivity index (χ4n) is 1.57. The van der Waals surface area contributed by atoms with E-state index in [-0.39, 0.29) is 6.10 Å². The molecule has 2 N–H and O–H groups in total. The molecule has 0 fully saturated rings. The largest absolute Gasteiger partial charge is 0.399 e. The van der Waals surface area contributed by atoms with Crippen molar-refractivity contribution < 1.29 is 14.2 Å². The minimum Gasteiger partial charge on any atom is -0.399 e. The van der Waals surface area contributed by atoms with Crippen molar-refractivity contribution in [2.24, 2.45) is 0 Å². The Morgan fingerprint density at radius 3 is 2.72 bits per heavy atom. The molecular weight excluding hydrogens is 230 g/mol. The molecule has 0 spiro atoms. The summed E-state index contributed by atoms with van der Waals surface area (Å²) in [5, 5.41) is 0. The molecule has 4 nitrogen and oxygen atoms in total. The van der Waals surface area contributed by atoms with E-state index in [9.17, 15) is 0 Å². The lowest BCUT2D eigenvalue weighted by Gasteiger charge is -2.14. The molecule has 1 aromatic rings. The highest BCUT2D eigenvalue weighted by molar-refractivity contribution is 5.41. The van der Waals surface area contributed by atoms with Gasteiger partial charge in [0, 0.05) is 26.0 Å². The van der Waals surface area contributed by atoms with Crippen LogP contribution in [0, 0.1) is 0 Å². The number of nitrogens with two attached hydrogens (primary N) is 1. The van der Waals surface area contributed by atoms with Gasteiger partial charge in [-0.05, 0) is 31.0 Å². The molecule has 1 rings (SSSR count). The summed E-state index contributed by atoms with van der Waals surface area (Å²) in [4.78, 5) is 0. The molecule has 0 aromatic heterocycles. The van der Waals surface area contributed by atoms with E-state index >= 15 is 0 Å². The third-order valence-corrected chi connectivity index (χ3v) is 2.61. The van der Waals surface area contributed by atoms with Crippen molar-refractivity contribution >= 4 is 5.69 Å². The molecule has 0 aliphatic carbocycles. The van der Waals surface area contributed by atoms with Crippen LogP contribution in [0.15, 0.2) is 24.3 Å². The van der Waals surface area contributed by atoms with Gasteiger partial charge >= 0.3 is 0 Å². The quantitative estimate of drug-likeness (QED) is 0.542. The fourth-order valence-corrected chi connectivity index (χ4v) is 1.57. The van der Waals surface area contributed by atoms with Gasteiger partial charge in [0.2, 0.25) is 0 Å². The van der Waals surface area contributed by atoms with Gasteiger partial charge in [0.05, 0.1) is 19.3 Å². The number of anilines is 1. The molecule has 0 saturated heterocycles. The zero-order chi connectivity index (χ0) is 13.2. The number of benzene rings is 1. The monoisotopic (exact) mass is 253 g/mol. The third-order valence-electron chi connectivity index (χ3n) is 2.61. The molecule has 102 valence electrons. The van der Waals surface area contributed by atoms with Crippen molar-refractivity contribution in [3.8, 4) is 0 Å². The van der Waals surface area contributed by atoms with Crippen LogP contribution in [0.2, 0.25) is 0 Å². The number of ether oxygens (including phenoxy) is 3. The normalized spacial score (nSPS) is 12.6. The van der Waals surface area contributed by atoms with E-state index < -0.39 is 0 Å². The predicted molar refractivity (Wildman–Crippen MR) is 72.5 cm³/mol. The van der Waals surface area contributed by atoms with Crippen LogP contribution in [0.3, 0.4) is 0 Å². The van der Waals surface area contributed by atoms with Crippen LogP contribution in [-0.2, 0) is 14.2 Å². The summed E-state index contributed by atoms with van der Waals surface area (Å²) in [5.74, 6) is 0. The summed E-state index contributed by atoms with van der Waals surface area (Å²) in [6.45, 7) is 4.69. The average molecular weight is 253 g/mol. The molecule has 0 heterocycles. The van der Waals surface area contributed by atoms with E-state index in [0.717, 1.165) is 17.7 Å². The molecule has 0 amide bonds. The molecule has 0 aliphatic rings. The number of hydrogen-bond acceptors (Lipinski definition) is 4. The maximum Gasteiger partial charge on any atom is 0.0797 e. The van der Waals surface area contributed by atoms with Gasteiger partial charge in [-0.25, -0.2) is 0 Å². The number of hydrogen-bond donors (Lipinski definition) is 1. The van der Waals surface area contributed by atoms with Crippen molar-refractivity contribution in [3.05, 3.63) is 29.8 Å². The van der Waals surface area contributed by atoms with E-state index in [1.165, 1.54) is 0 Å². The van der Waals surface area contributed by atoms with Crippen molar-refractivity contribution in [1.82, 2.24) is 0 Å². The molecule has 0 aliphatic heterocycles. The van der Waals surface area contributed by atoms with Gasteiger partial charge in [0.15, 0.2) is 0 Å². The van der Waals surface area contributed by atoms with Gasteiger partial charge in [-0.15, -0.1) is 0 Å². The molecule has 1 atom stereocenters. The van der Waals surface area contributed by atoms with Crippen molar-refractivity contribution in [3.63, 3.8) is 0 Å². The standard InChI is InChI=1S/C14H23NO3/c1-12(13-5-3-6-14(15)11-13)18-8-4-7-17-10-9-16-2/h3,5-6,11-12H,4,7-10,15H2,1-2H3. The van der Waals surface area contributed by atoms with Gasteiger partial charge in [-0.1, -0.05) is 12.1 Å². The Morgan fingerprint density at radius 1 is 1.17 bits per heavy atom. The molecule has 18 heavy (non-hydrogen) atoms. The first-order valence-electron chi connectivity index (χ1n) is 6.27. The van der Waals surface area contributed by atoms with Crippen LogP contribution in [0.4, 0.5) is 5.69 Å². The van der Waals surface area contributed by atoms with Crippen LogP contribution in [-0.4, -0.2) is 33.5 Å². The Hall–Kier alpha value is -1.10. The average Bonchev–Trinajstić information content (AvgIpc) is 2.37. The summed E-state index contributed by atoms with van der Waals surface area (Å²) in [5.41, 5.74) is 7.61. The Bertz CT molecular complexity index is 331. The number of methoxy groups -OCH3 is 1. The second-order valence-electron chi connectivity index (χ2n) is 4.14. The molecule has 0 saturated carbocycles. The Morgan fingerprint density at radius 2 is 2.00 bits per heavy atom. The van der Waals surface area contributed by atoms with E-state index in [1.807, 2.05) is 31.2 Å². The fraction of sp³-hybridized carbons (Fsp3) is 0.571. The minimum absolute atomic E-state index is 0.0625. The van der Waals surface area contributed by atoms with Crippen molar-refractivity contribution in [2.45, 2.75) is 19.4 Å². The van der Waals surface area contributed by atoms with Crippen LogP contribution >= 0.6 is 0 Å². The first kappa shape index (κ1) is 15.0. The summed E-state index contributed by atoms with van der Waals surface area (Å²) < 4.78 is 16.0. The lowest BCUT2D eigenvalue weighted by molar-refractivity contribution is 0.0297. The summed E-state index contributed by atoms with van der Waals surface area (Å²) >= 11 is 0. The molecule has 0 bridgehead atoms. The lowest BCUT2D eigenvalue weighted by Crippen LogP contribution is -2.07. The first-order valence-corrected chi connectivity index (χ1v) is 6.27. The Labute approximate surface area is 109 Å². The van der Waals surface area contributed by atoms with Crippen molar-refractivity contribution in [1.29, 1.82) is 0 Å². The Kier molecular flexibility index (Phi) is 7.41. The van der Waals surface area contributed by atoms with Crippen molar-refractivity contribution in [2.75, 3.05) is 39.3 Å². The zero-order valence-electron chi connectivity index (χ0n) is 11.2. The van der Waals surface area contributed by atoms with Gasteiger partial charge in [0.1, 0.15) is 0 Å². The maximum absolute atomic E-state index is 5.73. The SMILES string of the molecule is COCCOCCCOC(C)c1cccc(N)c1. The molecule has 0 radical (unpaired) electrons. The van der Waals surface area contributed by atoms with Crippen LogP contribution in [0.25, 0.3) is 0 Å². The second-order valence-corrected chi connectivity index (χ2v) is 4.14. The summed E-state index contributed by atoms with van der Waals surface area (Å²) in [6, 6.07) is 7.79. The van der Waals surface area contributed by atoms with E-state index in [1.54, 1.807) is 7.11 Å². The molecule has 1 aromatic carbocycles. The predicted octanol–water partition coefficient (Wildman–Crippen LogP) is 2.40. The van der Waals surface area contributed by atoms with Crippen LogP contribution in [0.1, 0.15) is 25.0 Å². The van der Waals surface area contributed by atoms with E-state index in [0.29, 0.717) is 26.4 Å². The highest BCUT2D eigenvalue weighted by Gasteiger charge is 2.05. The third kappa shape index (κ3) is 6.00. The Balaban J connectivity index is 2.12. The van der Waals surface area contributed by atoms with Gasteiger partial charge in [-0.3, -0.25) is 0 Å². The van der Waals surface area contributed by atoms with Gasteiger partial charge < -0.3 is 19.9 Å². The topological polar surface area (TPSA) is 53.7 Å². The first-order chi connectivity index (χ1) is 8.74. The maximum atomic E-state index is 5.73. The summed E-state index contributed by atoms with van der Waals surface area (Å²) in [6.07, 6.45) is 0.948. The smallest absolute Gasteiger partial charge is 0.0797 e. The zero-order valence-corrected chi connectivity index (χ0v) is 11.2. The second kappa shape index (κ2) is 8.91. The highest BCUT2D eigenvalue weighted by Crippen LogP contribution is 2.18. The molecular formula is C14H23NO3. The van der Waals surface area contributed by atoms with Crippen LogP contribution < -0.4 is 5.73 Å². The van der Waals surface area contributed by atoms with Gasteiger partial charge in [0.25, 0.3) is 0 Å². The number of nitrogen functional groups attached to an aromatic ring is 1.